The van der Waals surface area contributed by atoms with E-state index in [0.717, 1.165) is 31.5 Å². The van der Waals surface area contributed by atoms with Crippen LogP contribution in [0.1, 0.15) is 18.9 Å². The fourth-order valence-electron chi connectivity index (χ4n) is 2.51. The molecule has 0 aromatic heterocycles. The van der Waals surface area contributed by atoms with Gasteiger partial charge in [-0.1, -0.05) is 47.7 Å². The molecule has 0 saturated carbocycles. The summed E-state index contributed by atoms with van der Waals surface area (Å²) in [5.74, 6) is 0.921. The Kier molecular flexibility index (Phi) is 5.51. The zero-order valence-electron chi connectivity index (χ0n) is 11.2. The van der Waals surface area contributed by atoms with Gasteiger partial charge in [-0.2, -0.15) is 0 Å². The van der Waals surface area contributed by atoms with Gasteiger partial charge in [-0.3, -0.25) is 4.90 Å². The molecule has 0 spiro atoms. The maximum Gasteiger partial charge on any atom is 0.164 e. The third-order valence-electron chi connectivity index (χ3n) is 3.41. The first-order chi connectivity index (χ1) is 9.26. The second-order valence-corrected chi connectivity index (χ2v) is 5.51. The van der Waals surface area contributed by atoms with Gasteiger partial charge in [-0.15, -0.1) is 0 Å². The molecule has 0 aliphatic carbocycles. The van der Waals surface area contributed by atoms with E-state index < -0.39 is 0 Å². The average molecular weight is 373 g/mol. The number of phenols is 1. The van der Waals surface area contributed by atoms with Crippen molar-refractivity contribution in [3.05, 3.63) is 33.9 Å². The highest BCUT2D eigenvalue weighted by Gasteiger charge is 2.25. The topological polar surface area (TPSA) is 32.7 Å². The maximum atomic E-state index is 9.78. The standard InChI is InChI=1S/C15H20INO2/c1-2-8-17(9-4-7-16)13-10-12-5-3-6-14(18)15(12)19-11-13/h3-7,13,18H,2,8-11H2,1H3/b7-4+/t13-/m0/s1. The van der Waals surface area contributed by atoms with Crippen molar-refractivity contribution in [1.82, 2.24) is 4.90 Å². The first-order valence-corrected chi connectivity index (χ1v) is 7.93. The molecule has 0 amide bonds. The predicted molar refractivity (Wildman–Crippen MR) is 86.1 cm³/mol. The SMILES string of the molecule is CCCN(C/C=C/I)[C@@H]1COc2c(O)cccc2C1. The minimum Gasteiger partial charge on any atom is -0.504 e. The Morgan fingerprint density at radius 1 is 1.53 bits per heavy atom. The molecule has 1 atom stereocenters. The molecule has 0 fully saturated rings. The van der Waals surface area contributed by atoms with Crippen LogP contribution >= 0.6 is 22.6 Å². The number of nitrogens with zero attached hydrogens (tertiary/aromatic N) is 1. The molecule has 104 valence electrons. The molecular formula is C15H20INO2. The van der Waals surface area contributed by atoms with E-state index in [1.54, 1.807) is 6.07 Å². The van der Waals surface area contributed by atoms with Gasteiger partial charge in [0.2, 0.25) is 0 Å². The van der Waals surface area contributed by atoms with Crippen LogP contribution in [0, 0.1) is 0 Å². The number of fused-ring (bicyclic) bond motifs is 1. The van der Waals surface area contributed by atoms with Crippen LogP contribution in [0.25, 0.3) is 0 Å². The smallest absolute Gasteiger partial charge is 0.164 e. The van der Waals surface area contributed by atoms with Crippen molar-refractivity contribution in [2.45, 2.75) is 25.8 Å². The Balaban J connectivity index is 2.10. The summed E-state index contributed by atoms with van der Waals surface area (Å²) in [5, 5.41) is 9.78. The van der Waals surface area contributed by atoms with Crippen LogP contribution in [0.3, 0.4) is 0 Å². The Hall–Kier alpha value is -0.750. The lowest BCUT2D eigenvalue weighted by Gasteiger charge is -2.34. The zero-order valence-corrected chi connectivity index (χ0v) is 13.3. The molecule has 19 heavy (non-hydrogen) atoms. The van der Waals surface area contributed by atoms with Crippen molar-refractivity contribution in [2.24, 2.45) is 0 Å². The van der Waals surface area contributed by atoms with Crippen molar-refractivity contribution in [1.29, 1.82) is 0 Å². The van der Waals surface area contributed by atoms with E-state index in [-0.39, 0.29) is 5.75 Å². The molecule has 0 saturated heterocycles. The third-order valence-corrected chi connectivity index (χ3v) is 3.92. The first kappa shape index (κ1) is 14.7. The van der Waals surface area contributed by atoms with E-state index in [9.17, 15) is 5.11 Å². The monoisotopic (exact) mass is 373 g/mol. The lowest BCUT2D eigenvalue weighted by molar-refractivity contribution is 0.127. The number of halogens is 1. The second kappa shape index (κ2) is 7.14. The fourth-order valence-corrected chi connectivity index (χ4v) is 2.74. The van der Waals surface area contributed by atoms with E-state index >= 15 is 0 Å². The molecule has 1 aliphatic rings. The van der Waals surface area contributed by atoms with Gasteiger partial charge >= 0.3 is 0 Å². The van der Waals surface area contributed by atoms with E-state index in [1.807, 2.05) is 12.1 Å². The summed E-state index contributed by atoms with van der Waals surface area (Å²) in [6, 6.07) is 6.00. The Morgan fingerprint density at radius 2 is 2.37 bits per heavy atom. The normalized spacial score (nSPS) is 18.6. The summed E-state index contributed by atoms with van der Waals surface area (Å²) in [6.07, 6.45) is 4.26. The lowest BCUT2D eigenvalue weighted by Crippen LogP contribution is -2.43. The molecule has 1 aromatic rings. The molecule has 3 nitrogen and oxygen atoms in total. The summed E-state index contributed by atoms with van der Waals surface area (Å²) in [4.78, 5) is 2.45. The van der Waals surface area contributed by atoms with Crippen LogP contribution in [-0.2, 0) is 6.42 Å². The molecule has 1 aliphatic heterocycles. The molecule has 0 radical (unpaired) electrons. The van der Waals surface area contributed by atoms with Crippen LogP contribution in [0.5, 0.6) is 11.5 Å². The van der Waals surface area contributed by atoms with Crippen LogP contribution in [-0.4, -0.2) is 35.7 Å². The molecule has 0 bridgehead atoms. The van der Waals surface area contributed by atoms with Crippen LogP contribution < -0.4 is 4.74 Å². The van der Waals surface area contributed by atoms with Gasteiger partial charge in [0.1, 0.15) is 6.61 Å². The lowest BCUT2D eigenvalue weighted by atomic mass is 10.0. The van der Waals surface area contributed by atoms with Gasteiger partial charge in [0.05, 0.1) is 0 Å². The summed E-state index contributed by atoms with van der Waals surface area (Å²) < 4.78 is 7.82. The zero-order chi connectivity index (χ0) is 13.7. The van der Waals surface area contributed by atoms with Crippen molar-refractivity contribution in [3.63, 3.8) is 0 Å². The average Bonchev–Trinajstić information content (AvgIpc) is 2.43. The quantitative estimate of drug-likeness (QED) is 0.804. The highest BCUT2D eigenvalue weighted by Crippen LogP contribution is 2.34. The first-order valence-electron chi connectivity index (χ1n) is 6.69. The maximum absolute atomic E-state index is 9.78. The van der Waals surface area contributed by atoms with E-state index in [0.29, 0.717) is 18.4 Å². The summed E-state index contributed by atoms with van der Waals surface area (Å²) in [6.45, 7) is 4.88. The van der Waals surface area contributed by atoms with Gasteiger partial charge in [0, 0.05) is 12.6 Å². The molecular weight excluding hydrogens is 353 g/mol. The minimum atomic E-state index is 0.255. The van der Waals surface area contributed by atoms with E-state index in [4.69, 9.17) is 4.74 Å². The molecule has 0 unspecified atom stereocenters. The van der Waals surface area contributed by atoms with Crippen molar-refractivity contribution in [2.75, 3.05) is 19.7 Å². The molecule has 1 N–H and O–H groups in total. The third kappa shape index (κ3) is 3.63. The van der Waals surface area contributed by atoms with Gasteiger partial charge in [-0.05, 0) is 35.1 Å². The predicted octanol–water partition coefficient (Wildman–Crippen LogP) is 3.36. The van der Waals surface area contributed by atoms with Crippen molar-refractivity contribution >= 4 is 22.6 Å². The summed E-state index contributed by atoms with van der Waals surface area (Å²) in [7, 11) is 0. The van der Waals surface area contributed by atoms with Crippen molar-refractivity contribution in [3.8, 4) is 11.5 Å². The van der Waals surface area contributed by atoms with Gasteiger partial charge < -0.3 is 9.84 Å². The Morgan fingerprint density at radius 3 is 3.11 bits per heavy atom. The van der Waals surface area contributed by atoms with Crippen LogP contribution in [0.4, 0.5) is 0 Å². The number of aromatic hydroxyl groups is 1. The Labute approximate surface area is 128 Å². The van der Waals surface area contributed by atoms with Gasteiger partial charge in [0.15, 0.2) is 11.5 Å². The van der Waals surface area contributed by atoms with E-state index in [2.05, 4.69) is 44.6 Å². The highest BCUT2D eigenvalue weighted by molar-refractivity contribution is 14.1. The molecule has 1 aromatic carbocycles. The number of para-hydroxylation sites is 1. The van der Waals surface area contributed by atoms with Crippen molar-refractivity contribution < 1.29 is 9.84 Å². The second-order valence-electron chi connectivity index (χ2n) is 4.79. The number of ether oxygens (including phenoxy) is 1. The number of benzene rings is 1. The van der Waals surface area contributed by atoms with Crippen LogP contribution in [0.15, 0.2) is 28.4 Å². The van der Waals surface area contributed by atoms with Crippen LogP contribution in [0.2, 0.25) is 0 Å². The number of phenolic OH excluding ortho intramolecular Hbond substituents is 1. The van der Waals surface area contributed by atoms with E-state index in [1.165, 1.54) is 0 Å². The highest BCUT2D eigenvalue weighted by atomic mass is 127. The molecule has 4 heteroatoms. The summed E-state index contributed by atoms with van der Waals surface area (Å²) in [5.41, 5.74) is 1.11. The Bertz CT molecular complexity index is 448. The van der Waals surface area contributed by atoms with Gasteiger partial charge in [-0.25, -0.2) is 0 Å². The number of hydrogen-bond acceptors (Lipinski definition) is 3. The van der Waals surface area contributed by atoms with Gasteiger partial charge in [0.25, 0.3) is 0 Å². The number of rotatable bonds is 5. The molecule has 1 heterocycles. The number of hydrogen-bond donors (Lipinski definition) is 1. The summed E-state index contributed by atoms with van der Waals surface area (Å²) >= 11 is 2.25. The minimum absolute atomic E-state index is 0.255. The molecule has 2 rings (SSSR count). The fraction of sp³-hybridized carbons (Fsp3) is 0.467. The largest absolute Gasteiger partial charge is 0.504 e.